The fraction of sp³-hybridized carbons (Fsp3) is 0.250. The van der Waals surface area contributed by atoms with Crippen LogP contribution in [0.25, 0.3) is 0 Å². The molecule has 2 aromatic rings. The van der Waals surface area contributed by atoms with Crippen molar-refractivity contribution in [3.8, 4) is 0 Å². The van der Waals surface area contributed by atoms with Gasteiger partial charge in [0.15, 0.2) is 0 Å². The van der Waals surface area contributed by atoms with E-state index in [2.05, 4.69) is 19.2 Å². The molecule has 2 heterocycles. The number of rotatable bonds is 3. The van der Waals surface area contributed by atoms with Crippen molar-refractivity contribution in [1.29, 1.82) is 0 Å². The van der Waals surface area contributed by atoms with Crippen molar-refractivity contribution >= 4 is 17.6 Å². The van der Waals surface area contributed by atoms with Crippen molar-refractivity contribution in [3.05, 3.63) is 33.6 Å². The number of aromatic nitrogens is 3. The lowest BCUT2D eigenvalue weighted by Crippen LogP contribution is -2.28. The fourth-order valence-electron chi connectivity index (χ4n) is 1.10. The van der Waals surface area contributed by atoms with Gasteiger partial charge in [0.2, 0.25) is 5.69 Å². The van der Waals surface area contributed by atoms with E-state index in [9.17, 15) is 9.59 Å². The minimum Gasteiger partial charge on any atom is -0.361 e. The normalized spacial score (nSPS) is 10.3. The van der Waals surface area contributed by atoms with E-state index >= 15 is 0 Å². The first-order chi connectivity index (χ1) is 7.66. The highest BCUT2D eigenvalue weighted by Gasteiger charge is 2.13. The van der Waals surface area contributed by atoms with E-state index in [1.165, 1.54) is 0 Å². The highest BCUT2D eigenvalue weighted by molar-refractivity contribution is 6.99. The highest BCUT2D eigenvalue weighted by Crippen LogP contribution is 2.00. The average molecular weight is 240 g/mol. The van der Waals surface area contributed by atoms with Crippen molar-refractivity contribution in [3.63, 3.8) is 0 Å². The number of carbonyl (C=O) groups excluding carboxylic acids is 1. The molecule has 0 aliphatic heterocycles. The number of aryl methyl sites for hydroxylation is 1. The Hall–Kier alpha value is -1.96. The number of hydrogen-bond acceptors (Lipinski definition) is 6. The van der Waals surface area contributed by atoms with E-state index in [1.807, 2.05) is 0 Å². The molecule has 84 valence electrons. The van der Waals surface area contributed by atoms with E-state index in [4.69, 9.17) is 4.52 Å². The van der Waals surface area contributed by atoms with Crippen molar-refractivity contribution in [2.45, 2.75) is 13.5 Å². The van der Waals surface area contributed by atoms with Crippen molar-refractivity contribution in [1.82, 2.24) is 19.2 Å². The second kappa shape index (κ2) is 4.27. The van der Waals surface area contributed by atoms with E-state index in [0.29, 0.717) is 11.5 Å². The van der Waals surface area contributed by atoms with Crippen LogP contribution in [0.2, 0.25) is 0 Å². The zero-order valence-electron chi connectivity index (χ0n) is 8.31. The van der Waals surface area contributed by atoms with Gasteiger partial charge < -0.3 is 9.84 Å². The summed E-state index contributed by atoms with van der Waals surface area (Å²) in [6.07, 6.45) is 0. The molecule has 0 aliphatic rings. The van der Waals surface area contributed by atoms with Crippen LogP contribution < -0.4 is 10.9 Å². The van der Waals surface area contributed by atoms with Crippen molar-refractivity contribution in [2.75, 3.05) is 0 Å². The number of hydrogen-bond donors (Lipinski definition) is 2. The quantitative estimate of drug-likeness (QED) is 0.789. The van der Waals surface area contributed by atoms with Crippen LogP contribution in [-0.4, -0.2) is 19.8 Å². The van der Waals surface area contributed by atoms with E-state index in [-0.39, 0.29) is 12.2 Å². The molecule has 1 amide bonds. The van der Waals surface area contributed by atoms with Crippen LogP contribution in [0.1, 0.15) is 21.9 Å². The number of H-pyrrole nitrogens is 1. The summed E-state index contributed by atoms with van der Waals surface area (Å²) < 4.78 is 10.8. The molecule has 0 fully saturated rings. The first-order valence-electron chi connectivity index (χ1n) is 4.41. The summed E-state index contributed by atoms with van der Waals surface area (Å²) in [5.74, 6) is 0.138. The van der Waals surface area contributed by atoms with Gasteiger partial charge in [0.1, 0.15) is 11.5 Å². The largest absolute Gasteiger partial charge is 0.361 e. The molecule has 16 heavy (non-hydrogen) atoms. The van der Waals surface area contributed by atoms with Crippen LogP contribution in [0.5, 0.6) is 0 Å². The number of nitrogens with one attached hydrogen (secondary N) is 2. The van der Waals surface area contributed by atoms with Crippen LogP contribution in [0.4, 0.5) is 0 Å². The van der Waals surface area contributed by atoms with Gasteiger partial charge in [-0.05, 0) is 6.92 Å². The van der Waals surface area contributed by atoms with E-state index in [0.717, 1.165) is 11.7 Å². The summed E-state index contributed by atoms with van der Waals surface area (Å²) in [6, 6.07) is 1.70. The Bertz CT molecular complexity index is 555. The van der Waals surface area contributed by atoms with Gasteiger partial charge in [0.05, 0.1) is 6.54 Å². The number of carbonyl (C=O) groups is 1. The Kier molecular flexibility index (Phi) is 2.82. The summed E-state index contributed by atoms with van der Waals surface area (Å²) in [5.41, 5.74) is -0.0263. The Morgan fingerprint density at radius 2 is 2.50 bits per heavy atom. The third-order valence-corrected chi connectivity index (χ3v) is 2.36. The van der Waals surface area contributed by atoms with Crippen LogP contribution in [0.15, 0.2) is 15.4 Å². The third kappa shape index (κ3) is 2.16. The first kappa shape index (κ1) is 10.6. The number of amides is 1. The molecule has 2 N–H and O–H groups in total. The minimum absolute atomic E-state index is 0.134. The molecule has 0 saturated carbocycles. The maximum atomic E-state index is 11.5. The predicted octanol–water partition coefficient (Wildman–Crippen LogP) is 0.0578. The highest BCUT2D eigenvalue weighted by atomic mass is 32.1. The molecule has 0 bridgehead atoms. The van der Waals surface area contributed by atoms with Crippen molar-refractivity contribution < 1.29 is 9.32 Å². The second-order valence-electron chi connectivity index (χ2n) is 3.07. The second-order valence-corrected chi connectivity index (χ2v) is 3.64. The molecule has 8 heteroatoms. The Morgan fingerprint density at radius 1 is 1.69 bits per heavy atom. The van der Waals surface area contributed by atoms with Gasteiger partial charge in [-0.3, -0.25) is 14.0 Å². The molecule has 2 aromatic heterocycles. The molecular weight excluding hydrogens is 232 g/mol. The van der Waals surface area contributed by atoms with Crippen LogP contribution in [-0.2, 0) is 6.54 Å². The standard InChI is InChI=1S/C8H8N4O3S/c1-4-2-5(10-15-4)3-9-7(13)6-8(14)12-16-11-6/h2H,3H2,1H3,(H,9,13)(H,12,14). The van der Waals surface area contributed by atoms with Crippen LogP contribution >= 0.6 is 11.7 Å². The Morgan fingerprint density at radius 3 is 3.06 bits per heavy atom. The Balaban J connectivity index is 1.99. The average Bonchev–Trinajstić information content (AvgIpc) is 2.84. The lowest BCUT2D eigenvalue weighted by atomic mass is 10.3. The van der Waals surface area contributed by atoms with E-state index in [1.54, 1.807) is 13.0 Å². The molecule has 0 atom stereocenters. The molecule has 0 aliphatic carbocycles. The lowest BCUT2D eigenvalue weighted by molar-refractivity contribution is 0.0945. The number of aromatic amines is 1. The molecule has 0 radical (unpaired) electrons. The van der Waals surface area contributed by atoms with Crippen LogP contribution in [0, 0.1) is 6.92 Å². The van der Waals surface area contributed by atoms with Gasteiger partial charge in [0.25, 0.3) is 11.5 Å². The maximum absolute atomic E-state index is 11.5. The fourth-order valence-corrected chi connectivity index (χ4v) is 1.58. The molecular formula is C8H8N4O3S. The molecule has 0 saturated heterocycles. The van der Waals surface area contributed by atoms with Gasteiger partial charge in [-0.2, -0.15) is 4.37 Å². The van der Waals surface area contributed by atoms with Gasteiger partial charge in [-0.15, -0.1) is 0 Å². The molecule has 0 aromatic carbocycles. The van der Waals surface area contributed by atoms with Crippen molar-refractivity contribution in [2.24, 2.45) is 0 Å². The van der Waals surface area contributed by atoms with Gasteiger partial charge in [0, 0.05) is 17.8 Å². The summed E-state index contributed by atoms with van der Waals surface area (Å²) in [6.45, 7) is 1.95. The molecule has 7 nitrogen and oxygen atoms in total. The first-order valence-corrected chi connectivity index (χ1v) is 5.19. The van der Waals surface area contributed by atoms with Gasteiger partial charge >= 0.3 is 0 Å². The Labute approximate surface area is 93.8 Å². The monoisotopic (exact) mass is 240 g/mol. The lowest BCUT2D eigenvalue weighted by Gasteiger charge is -1.97. The summed E-state index contributed by atoms with van der Waals surface area (Å²) >= 11 is 0.838. The molecule has 2 rings (SSSR count). The minimum atomic E-state index is -0.525. The smallest absolute Gasteiger partial charge is 0.291 e. The molecule has 0 spiro atoms. The summed E-state index contributed by atoms with van der Waals surface area (Å²) in [7, 11) is 0. The zero-order chi connectivity index (χ0) is 11.5. The van der Waals surface area contributed by atoms with Gasteiger partial charge in [-0.1, -0.05) is 5.16 Å². The maximum Gasteiger partial charge on any atom is 0.291 e. The zero-order valence-corrected chi connectivity index (χ0v) is 9.13. The SMILES string of the molecule is Cc1cc(CNC(=O)c2ns[nH]c2=O)no1. The predicted molar refractivity (Wildman–Crippen MR) is 55.1 cm³/mol. The number of nitrogens with zero attached hydrogens (tertiary/aromatic N) is 2. The third-order valence-electron chi connectivity index (χ3n) is 1.81. The summed E-state index contributed by atoms with van der Waals surface area (Å²) in [5, 5.41) is 6.22. The summed E-state index contributed by atoms with van der Waals surface area (Å²) in [4.78, 5) is 22.5. The molecule has 0 unspecified atom stereocenters. The van der Waals surface area contributed by atoms with Crippen LogP contribution in [0.3, 0.4) is 0 Å². The van der Waals surface area contributed by atoms with Gasteiger partial charge in [-0.25, -0.2) is 0 Å². The van der Waals surface area contributed by atoms with E-state index < -0.39 is 11.5 Å². The topological polar surface area (TPSA) is 101 Å².